The number of carboxylic acid groups (broad SMARTS) is 1. The number of aliphatic hydroxyl groups excluding tert-OH is 6. The zero-order valence-electron chi connectivity index (χ0n) is 21.0. The maximum absolute atomic E-state index is 12.8. The van der Waals surface area contributed by atoms with Gasteiger partial charge < -0.3 is 61.6 Å². The molecule has 1 aromatic rings. The van der Waals surface area contributed by atoms with Gasteiger partial charge in [-0.3, -0.25) is 23.0 Å². The number of nitrogens with zero attached hydrogens (tertiary/aromatic N) is 2. The predicted molar refractivity (Wildman–Crippen MR) is 126 cm³/mol. The molecule has 20 nitrogen and oxygen atoms in total. The first-order valence-corrected chi connectivity index (χ1v) is 13.4. The third-order valence-corrected chi connectivity index (χ3v) is 7.45. The Morgan fingerprint density at radius 1 is 1.29 bits per heavy atom. The highest BCUT2D eigenvalue weighted by Gasteiger charge is 2.58. The largest absolute Gasteiger partial charge is 0.756 e. The average Bonchev–Trinajstić information content (AvgIpc) is 3.16. The molecule has 0 spiro atoms. The van der Waals surface area contributed by atoms with Gasteiger partial charge in [0.2, 0.25) is 0 Å². The number of hydrogen-bond acceptors (Lipinski definition) is 18. The van der Waals surface area contributed by atoms with E-state index in [1.54, 1.807) is 0 Å². The molecule has 0 aliphatic carbocycles. The standard InChI is InChI=1S/C20H31N4O16P/c21-5-7(26)3-8-9(27)4-20(18(32)33,38-15(8)12(29)10(28)6-25)40-41(35,36)39-17-14(31)13(30)16(37-17)24-2-1-11(22)23-19(24)34/h1-2,8-10,12-17,25,27-31H,3-6,21H2,(H,32,33)(H,35,36)(H2,22,23,34)/p-1/t8-,9-,10-,12-,13?,14-,15?,16-,17-,20-/m1/s1. The minimum absolute atomic E-state index is 0.192. The number of ketones is 1. The summed E-state index contributed by atoms with van der Waals surface area (Å²) in [5.74, 6) is -7.80. The van der Waals surface area contributed by atoms with Crippen molar-refractivity contribution in [1.29, 1.82) is 0 Å². The highest BCUT2D eigenvalue weighted by molar-refractivity contribution is 7.46. The molecule has 41 heavy (non-hydrogen) atoms. The first-order chi connectivity index (χ1) is 19.1. The number of aliphatic carboxylic acids is 1. The number of nitrogens with two attached hydrogens (primary N) is 2. The number of anilines is 1. The fourth-order valence-electron chi connectivity index (χ4n) is 4.38. The molecule has 3 unspecified atom stereocenters. The van der Waals surface area contributed by atoms with Gasteiger partial charge in [-0.2, -0.15) is 4.98 Å². The Morgan fingerprint density at radius 3 is 2.51 bits per heavy atom. The lowest BCUT2D eigenvalue weighted by Crippen LogP contribution is -2.62. The number of aliphatic hydroxyl groups is 6. The van der Waals surface area contributed by atoms with Crippen molar-refractivity contribution in [2.45, 2.75) is 67.8 Å². The molecule has 0 saturated carbocycles. The minimum Gasteiger partial charge on any atom is -0.756 e. The van der Waals surface area contributed by atoms with Crippen molar-refractivity contribution in [2.24, 2.45) is 11.7 Å². The molecular weight excluding hydrogens is 583 g/mol. The molecule has 11 N–H and O–H groups in total. The third kappa shape index (κ3) is 7.14. The molecule has 0 radical (unpaired) electrons. The van der Waals surface area contributed by atoms with Crippen molar-refractivity contribution in [3.63, 3.8) is 0 Å². The number of Topliss-reactive ketones (excluding diaryl/α,β-unsaturated/α-hetero) is 1. The second-order valence-corrected chi connectivity index (χ2v) is 10.6. The van der Waals surface area contributed by atoms with Crippen molar-refractivity contribution >= 4 is 25.4 Å². The number of carbonyl (C=O) groups excluding carboxylic acids is 1. The summed E-state index contributed by atoms with van der Waals surface area (Å²) in [7, 11) is -5.96. The fourth-order valence-corrected chi connectivity index (χ4v) is 5.41. The molecule has 21 heteroatoms. The van der Waals surface area contributed by atoms with Crippen LogP contribution in [0.4, 0.5) is 5.82 Å². The van der Waals surface area contributed by atoms with Gasteiger partial charge in [-0.25, -0.2) is 9.59 Å². The van der Waals surface area contributed by atoms with Crippen LogP contribution in [0.5, 0.6) is 0 Å². The maximum Gasteiger partial charge on any atom is 0.364 e. The molecule has 232 valence electrons. The van der Waals surface area contributed by atoms with Gasteiger partial charge in [0.25, 0.3) is 13.6 Å². The van der Waals surface area contributed by atoms with Gasteiger partial charge in [0.1, 0.15) is 36.0 Å². The van der Waals surface area contributed by atoms with Crippen molar-refractivity contribution in [2.75, 3.05) is 18.9 Å². The van der Waals surface area contributed by atoms with Crippen molar-refractivity contribution in [3.8, 4) is 0 Å². The van der Waals surface area contributed by atoms with E-state index in [-0.39, 0.29) is 5.82 Å². The lowest BCUT2D eigenvalue weighted by Gasteiger charge is -2.47. The van der Waals surface area contributed by atoms with E-state index in [9.17, 15) is 59.6 Å². The van der Waals surface area contributed by atoms with E-state index in [2.05, 4.69) is 14.0 Å². The summed E-state index contributed by atoms with van der Waals surface area (Å²) in [6, 6.07) is 1.13. The highest BCUT2D eigenvalue weighted by atomic mass is 31.2. The molecule has 2 saturated heterocycles. The number of phosphoric acid groups is 1. The number of rotatable bonds is 12. The Bertz CT molecular complexity index is 1220. The highest BCUT2D eigenvalue weighted by Crippen LogP contribution is 2.51. The van der Waals surface area contributed by atoms with Crippen LogP contribution < -0.4 is 22.1 Å². The normalized spacial score (nSPS) is 35.0. The van der Waals surface area contributed by atoms with Crippen molar-refractivity contribution in [3.05, 3.63) is 22.7 Å². The fraction of sp³-hybridized carbons (Fsp3) is 0.700. The molecule has 0 aromatic carbocycles. The molecule has 3 heterocycles. The molecular formula is C20H30N4O16P-. The predicted octanol–water partition coefficient (Wildman–Crippen LogP) is -5.92. The third-order valence-electron chi connectivity index (χ3n) is 6.47. The second-order valence-electron chi connectivity index (χ2n) is 9.33. The first kappa shape index (κ1) is 33.1. The van der Waals surface area contributed by atoms with E-state index in [0.29, 0.717) is 4.57 Å². The molecule has 2 fully saturated rings. The molecule has 2 aliphatic rings. The van der Waals surface area contributed by atoms with Gasteiger partial charge in [-0.05, 0) is 6.07 Å². The molecule has 1 aromatic heterocycles. The topological polar surface area (TPSA) is 340 Å². The molecule has 11 atom stereocenters. The van der Waals surface area contributed by atoms with Gasteiger partial charge in [0.15, 0.2) is 12.5 Å². The Labute approximate surface area is 229 Å². The van der Waals surface area contributed by atoms with Gasteiger partial charge in [-0.1, -0.05) is 0 Å². The van der Waals surface area contributed by atoms with E-state index >= 15 is 0 Å². The summed E-state index contributed by atoms with van der Waals surface area (Å²) in [5, 5.41) is 70.7. The van der Waals surface area contributed by atoms with E-state index in [4.69, 9.17) is 20.9 Å². The lowest BCUT2D eigenvalue weighted by atomic mass is 9.80. The first-order valence-electron chi connectivity index (χ1n) is 11.9. The summed E-state index contributed by atoms with van der Waals surface area (Å²) >= 11 is 0. The number of carboxylic acids is 1. The van der Waals surface area contributed by atoms with Crippen LogP contribution in [0.3, 0.4) is 0 Å². The van der Waals surface area contributed by atoms with Crippen LogP contribution in [-0.4, -0.2) is 119 Å². The second kappa shape index (κ2) is 12.8. The van der Waals surface area contributed by atoms with E-state index in [1.807, 2.05) is 0 Å². The monoisotopic (exact) mass is 613 g/mol. The summed E-state index contributed by atoms with van der Waals surface area (Å²) in [4.78, 5) is 52.5. The van der Waals surface area contributed by atoms with Crippen molar-refractivity contribution < 1.29 is 73.3 Å². The summed E-state index contributed by atoms with van der Waals surface area (Å²) in [6.45, 7) is -1.60. The maximum atomic E-state index is 12.8. The van der Waals surface area contributed by atoms with Crippen LogP contribution in [0.25, 0.3) is 0 Å². The van der Waals surface area contributed by atoms with Crippen LogP contribution in [0.1, 0.15) is 19.1 Å². The Hall–Kier alpha value is -2.43. The zero-order valence-corrected chi connectivity index (χ0v) is 21.9. The number of ether oxygens (including phenoxy) is 2. The summed E-state index contributed by atoms with van der Waals surface area (Å²) < 4.78 is 33.1. The number of hydrogen-bond donors (Lipinski definition) is 9. The quantitative estimate of drug-likeness (QED) is 0.0990. The molecule has 0 amide bonds. The van der Waals surface area contributed by atoms with E-state index in [0.717, 1.165) is 12.3 Å². The van der Waals surface area contributed by atoms with Gasteiger partial charge >= 0.3 is 11.7 Å². The summed E-state index contributed by atoms with van der Waals surface area (Å²) in [5.41, 5.74) is 9.61. The van der Waals surface area contributed by atoms with Crippen LogP contribution >= 0.6 is 7.82 Å². The Kier molecular flexibility index (Phi) is 10.4. The van der Waals surface area contributed by atoms with Gasteiger partial charge in [0.05, 0.1) is 25.4 Å². The number of carbonyl (C=O) groups is 2. The molecule has 0 bridgehead atoms. The van der Waals surface area contributed by atoms with Crippen molar-refractivity contribution in [1.82, 2.24) is 9.55 Å². The lowest BCUT2D eigenvalue weighted by molar-refractivity contribution is -0.325. The van der Waals surface area contributed by atoms with Gasteiger partial charge in [0, 0.05) is 25.0 Å². The van der Waals surface area contributed by atoms with E-state index in [1.165, 1.54) is 0 Å². The number of phosphoric ester groups is 1. The smallest absolute Gasteiger partial charge is 0.364 e. The van der Waals surface area contributed by atoms with Crippen LogP contribution in [0, 0.1) is 5.92 Å². The van der Waals surface area contributed by atoms with Crippen LogP contribution in [-0.2, 0) is 32.7 Å². The molecule has 2 aliphatic heterocycles. The average molecular weight is 613 g/mol. The summed E-state index contributed by atoms with van der Waals surface area (Å²) in [6.07, 6.45) is -16.9. The SMILES string of the molecule is NCC(=O)C[C@H]1C([C@H](O)[C@H](O)CO)O[C@](OP(=O)([O-])O[C@H]2O[C@@H](n3ccc(N)nc3=O)C(O)[C@H]2O)(C(=O)O)C[C@H]1O. The Balaban J connectivity index is 1.87. The van der Waals surface area contributed by atoms with Gasteiger partial charge in [-0.15, -0.1) is 0 Å². The molecule has 3 rings (SSSR count). The van der Waals surface area contributed by atoms with Crippen LogP contribution in [0.2, 0.25) is 0 Å². The Morgan fingerprint density at radius 2 is 1.95 bits per heavy atom. The van der Waals surface area contributed by atoms with Crippen LogP contribution in [0.15, 0.2) is 17.1 Å². The minimum atomic E-state index is -5.96. The number of aromatic nitrogens is 2. The number of nitrogen functional groups attached to an aromatic ring is 1. The van der Waals surface area contributed by atoms with E-state index < -0.39 is 112 Å². The zero-order chi connectivity index (χ0) is 30.9.